The summed E-state index contributed by atoms with van der Waals surface area (Å²) >= 11 is 0. The average Bonchev–Trinajstić information content (AvgIpc) is 3.63. The van der Waals surface area contributed by atoms with Crippen LogP contribution in [0.3, 0.4) is 0 Å². The zero-order chi connectivity index (χ0) is 26.3. The number of pyridine rings is 2. The molecule has 4 heterocycles. The first-order valence-corrected chi connectivity index (χ1v) is 13.1. The van der Waals surface area contributed by atoms with Crippen LogP contribution in [0.5, 0.6) is 11.5 Å². The van der Waals surface area contributed by atoms with Gasteiger partial charge in [0.2, 0.25) is 0 Å². The molecule has 8 rings (SSSR count). The molecule has 8 aromatic rings. The maximum Gasteiger partial charge on any atom is 2.00 e. The van der Waals surface area contributed by atoms with E-state index in [1.165, 1.54) is 16.5 Å². The van der Waals surface area contributed by atoms with Crippen LogP contribution in [0, 0.1) is 12.1 Å². The van der Waals surface area contributed by atoms with Gasteiger partial charge in [-0.3, -0.25) is 9.97 Å². The van der Waals surface area contributed by atoms with Crippen molar-refractivity contribution in [2.24, 2.45) is 0 Å². The van der Waals surface area contributed by atoms with Crippen molar-refractivity contribution in [2.45, 2.75) is 26.2 Å². The minimum absolute atomic E-state index is 0. The molecule has 0 bridgehead atoms. The van der Waals surface area contributed by atoms with Gasteiger partial charge < -0.3 is 13.5 Å². The Labute approximate surface area is 245 Å². The number of aromatic nitrogens is 4. The second kappa shape index (κ2) is 8.90. The van der Waals surface area contributed by atoms with Crippen LogP contribution in [-0.4, -0.2) is 18.8 Å². The van der Waals surface area contributed by atoms with Crippen LogP contribution in [0.2, 0.25) is 0 Å². The summed E-state index contributed by atoms with van der Waals surface area (Å²) in [5, 5.41) is 6.39. The summed E-state index contributed by atoms with van der Waals surface area (Å²) in [4.78, 5) is 9.35. The van der Waals surface area contributed by atoms with E-state index in [0.717, 1.165) is 43.7 Å². The third-order valence-corrected chi connectivity index (χ3v) is 7.62. The third kappa shape index (κ3) is 3.58. The molecule has 0 saturated heterocycles. The van der Waals surface area contributed by atoms with Crippen LogP contribution in [-0.2, 0) is 26.5 Å². The molecule has 196 valence electrons. The molecule has 6 heteroatoms. The average molecular weight is 700 g/mol. The second-order valence-electron chi connectivity index (χ2n) is 11.0. The molecule has 0 radical (unpaired) electrons. The molecule has 40 heavy (non-hydrogen) atoms. The smallest absolute Gasteiger partial charge is 0.497 e. The van der Waals surface area contributed by atoms with Crippen LogP contribution < -0.4 is 4.74 Å². The largest absolute Gasteiger partial charge is 2.00 e. The van der Waals surface area contributed by atoms with Crippen LogP contribution in [0.1, 0.15) is 26.3 Å². The number of nitrogens with zero attached hydrogens (tertiary/aromatic N) is 4. The molecular formula is C34H24N4OPt. The quantitative estimate of drug-likeness (QED) is 0.135. The van der Waals surface area contributed by atoms with E-state index in [4.69, 9.17) is 9.72 Å². The molecule has 4 aromatic carbocycles. The van der Waals surface area contributed by atoms with E-state index in [1.807, 2.05) is 43.0 Å². The van der Waals surface area contributed by atoms with E-state index in [9.17, 15) is 0 Å². The van der Waals surface area contributed by atoms with Crippen molar-refractivity contribution in [1.82, 2.24) is 18.8 Å². The maximum atomic E-state index is 6.36. The number of para-hydroxylation sites is 2. The van der Waals surface area contributed by atoms with Gasteiger partial charge in [-0.05, 0) is 27.8 Å². The standard InChI is InChI=1S/C34H24N4O.Pt/c1-34(2,3)29-9-6-8-26-24-14-12-22(20-28(24)33-36-16-18-38(33)31(26)29)39-21-11-13-23-25-7-4-5-10-30(25)37-17-15-35-32(37)27(23)19-21;/h4-18H,1-3H3;/q-2;+2. The predicted octanol–water partition coefficient (Wildman–Crippen LogP) is 8.28. The molecule has 0 unspecified atom stereocenters. The summed E-state index contributed by atoms with van der Waals surface area (Å²) in [7, 11) is 0. The van der Waals surface area contributed by atoms with Crippen molar-refractivity contribution in [3.05, 3.63) is 109 Å². The molecule has 4 aromatic heterocycles. The summed E-state index contributed by atoms with van der Waals surface area (Å²) in [6.45, 7) is 6.74. The number of ether oxygens (including phenoxy) is 1. The van der Waals surface area contributed by atoms with E-state index in [2.05, 4.69) is 95.2 Å². The van der Waals surface area contributed by atoms with Crippen molar-refractivity contribution in [3.63, 3.8) is 0 Å². The zero-order valence-electron chi connectivity index (χ0n) is 22.2. The van der Waals surface area contributed by atoms with Crippen LogP contribution in [0.25, 0.3) is 54.6 Å². The summed E-state index contributed by atoms with van der Waals surface area (Å²) in [5.74, 6) is 1.24. The van der Waals surface area contributed by atoms with Gasteiger partial charge in [0.1, 0.15) is 0 Å². The monoisotopic (exact) mass is 699 g/mol. The van der Waals surface area contributed by atoms with Gasteiger partial charge in [0.15, 0.2) is 0 Å². The van der Waals surface area contributed by atoms with Crippen LogP contribution in [0.15, 0.2) is 91.5 Å². The molecule has 0 amide bonds. The summed E-state index contributed by atoms with van der Waals surface area (Å²) in [5.41, 5.74) is 5.31. The van der Waals surface area contributed by atoms with Gasteiger partial charge in [0, 0.05) is 47.3 Å². The second-order valence-corrected chi connectivity index (χ2v) is 11.0. The number of imidazole rings is 2. The van der Waals surface area contributed by atoms with Gasteiger partial charge >= 0.3 is 21.1 Å². The Balaban J connectivity index is 0.00000264. The van der Waals surface area contributed by atoms with Crippen molar-refractivity contribution in [1.29, 1.82) is 0 Å². The molecule has 0 aliphatic heterocycles. The molecule has 5 nitrogen and oxygen atoms in total. The molecule has 0 fully saturated rings. The normalized spacial score (nSPS) is 12.2. The number of rotatable bonds is 2. The summed E-state index contributed by atoms with van der Waals surface area (Å²) in [6, 6.07) is 30.0. The van der Waals surface area contributed by atoms with Gasteiger partial charge in [-0.25, -0.2) is 0 Å². The fourth-order valence-electron chi connectivity index (χ4n) is 5.88. The maximum absolute atomic E-state index is 6.36. The van der Waals surface area contributed by atoms with E-state index in [0.29, 0.717) is 11.5 Å². The predicted molar refractivity (Wildman–Crippen MR) is 157 cm³/mol. The number of fused-ring (bicyclic) bond motifs is 12. The van der Waals surface area contributed by atoms with Crippen molar-refractivity contribution in [3.8, 4) is 11.5 Å². The minimum Gasteiger partial charge on any atom is -0.497 e. The SMILES string of the molecule is CC(C)(C)c1cccc2c3ccc(Oc4[c-]c5c(cc4)c4ccccc4n4ccnc54)[c-]c3c3nccn3c12.[Pt+2]. The van der Waals surface area contributed by atoms with Crippen LogP contribution >= 0.6 is 0 Å². The minimum atomic E-state index is -0.00529. The van der Waals surface area contributed by atoms with E-state index in [1.54, 1.807) is 0 Å². The molecule has 0 aliphatic rings. The zero-order valence-corrected chi connectivity index (χ0v) is 24.4. The Morgan fingerprint density at radius 1 is 0.650 bits per heavy atom. The molecule has 0 aliphatic carbocycles. The van der Waals surface area contributed by atoms with E-state index < -0.39 is 0 Å². The van der Waals surface area contributed by atoms with Gasteiger partial charge in [0.25, 0.3) is 0 Å². The number of hydrogen-bond donors (Lipinski definition) is 0. The van der Waals surface area contributed by atoms with E-state index in [-0.39, 0.29) is 26.5 Å². The van der Waals surface area contributed by atoms with Crippen molar-refractivity contribution < 1.29 is 25.8 Å². The fourth-order valence-corrected chi connectivity index (χ4v) is 5.88. The molecule has 0 atom stereocenters. The Kier molecular flexibility index (Phi) is 5.52. The van der Waals surface area contributed by atoms with Gasteiger partial charge in [-0.1, -0.05) is 103 Å². The summed E-state index contributed by atoms with van der Waals surface area (Å²) < 4.78 is 10.6. The number of benzene rings is 4. The van der Waals surface area contributed by atoms with Crippen molar-refractivity contribution in [2.75, 3.05) is 0 Å². The Bertz CT molecular complexity index is 2260. The molecule has 0 N–H and O–H groups in total. The first kappa shape index (κ1) is 24.8. The number of hydrogen-bond acceptors (Lipinski definition) is 3. The molecule has 0 spiro atoms. The Hall–Kier alpha value is -4.21. The third-order valence-electron chi connectivity index (χ3n) is 7.62. The van der Waals surface area contributed by atoms with Gasteiger partial charge in [-0.2, -0.15) is 0 Å². The fraction of sp³-hybridized carbons (Fsp3) is 0.118. The topological polar surface area (TPSA) is 43.8 Å². The molecular weight excluding hydrogens is 675 g/mol. The molecule has 0 saturated carbocycles. The first-order valence-electron chi connectivity index (χ1n) is 13.1. The first-order chi connectivity index (χ1) is 19.0. The van der Waals surface area contributed by atoms with E-state index >= 15 is 0 Å². The van der Waals surface area contributed by atoms with Gasteiger partial charge in [0.05, 0.1) is 11.3 Å². The Morgan fingerprint density at radius 3 is 1.95 bits per heavy atom. The Morgan fingerprint density at radius 2 is 1.25 bits per heavy atom. The van der Waals surface area contributed by atoms with Crippen LogP contribution in [0.4, 0.5) is 0 Å². The summed E-state index contributed by atoms with van der Waals surface area (Å²) in [6.07, 6.45) is 7.70. The van der Waals surface area contributed by atoms with Gasteiger partial charge in [-0.15, -0.1) is 12.1 Å². The van der Waals surface area contributed by atoms with Crippen molar-refractivity contribution >= 4 is 54.6 Å².